The monoisotopic (exact) mass is 479 g/mol. The van der Waals surface area contributed by atoms with Gasteiger partial charge >= 0.3 is 0 Å². The van der Waals surface area contributed by atoms with E-state index in [9.17, 15) is 9.59 Å². The van der Waals surface area contributed by atoms with Gasteiger partial charge in [-0.2, -0.15) is 0 Å². The van der Waals surface area contributed by atoms with Gasteiger partial charge in [0, 0.05) is 20.3 Å². The number of benzene rings is 2. The Bertz CT molecular complexity index is 1290. The maximum atomic E-state index is 13.8. The number of methoxy groups -OCH3 is 2. The summed E-state index contributed by atoms with van der Waals surface area (Å²) in [6, 6.07) is 8.77. The fourth-order valence-electron chi connectivity index (χ4n) is 4.77. The highest BCUT2D eigenvalue weighted by Gasteiger charge is 2.42. The molecule has 0 saturated heterocycles. The first-order valence-corrected chi connectivity index (χ1v) is 12.1. The molecule has 0 radical (unpaired) electrons. The number of carbonyl (C=O) groups is 1. The second-order valence-corrected chi connectivity index (χ2v) is 8.99. The van der Waals surface area contributed by atoms with E-state index in [4.69, 9.17) is 18.6 Å². The zero-order valence-electron chi connectivity index (χ0n) is 21.1. The zero-order chi connectivity index (χ0) is 25.1. The second-order valence-electron chi connectivity index (χ2n) is 8.99. The van der Waals surface area contributed by atoms with E-state index in [-0.39, 0.29) is 17.1 Å². The molecule has 7 heteroatoms. The van der Waals surface area contributed by atoms with Gasteiger partial charge in [-0.3, -0.25) is 9.59 Å². The van der Waals surface area contributed by atoms with Crippen LogP contribution < -0.4 is 14.9 Å². The van der Waals surface area contributed by atoms with E-state index in [2.05, 4.69) is 6.92 Å². The van der Waals surface area contributed by atoms with E-state index in [0.29, 0.717) is 54.2 Å². The van der Waals surface area contributed by atoms with E-state index in [1.807, 2.05) is 44.2 Å². The fourth-order valence-corrected chi connectivity index (χ4v) is 4.77. The van der Waals surface area contributed by atoms with Crippen LogP contribution in [0.15, 0.2) is 39.5 Å². The fraction of sp³-hybridized carbons (Fsp3) is 0.429. The molecule has 1 amide bonds. The minimum atomic E-state index is -0.589. The number of aryl methyl sites for hydroxylation is 2. The summed E-state index contributed by atoms with van der Waals surface area (Å²) in [5.41, 5.74) is 3.21. The van der Waals surface area contributed by atoms with Crippen molar-refractivity contribution in [2.24, 2.45) is 0 Å². The summed E-state index contributed by atoms with van der Waals surface area (Å²) < 4.78 is 22.8. The van der Waals surface area contributed by atoms with Gasteiger partial charge in [-0.15, -0.1) is 0 Å². The molecule has 1 atom stereocenters. The summed E-state index contributed by atoms with van der Waals surface area (Å²) in [7, 11) is 3.21. The molecule has 0 aliphatic carbocycles. The second kappa shape index (κ2) is 10.5. The van der Waals surface area contributed by atoms with Crippen LogP contribution in [0.4, 0.5) is 0 Å². The first-order valence-electron chi connectivity index (χ1n) is 12.1. The predicted molar refractivity (Wildman–Crippen MR) is 135 cm³/mol. The molecule has 2 heterocycles. The molecule has 4 rings (SSSR count). The van der Waals surface area contributed by atoms with Crippen molar-refractivity contribution in [2.75, 3.05) is 34.0 Å². The summed E-state index contributed by atoms with van der Waals surface area (Å²) in [6.07, 6.45) is 2.60. The molecule has 0 fully saturated rings. The van der Waals surface area contributed by atoms with Crippen LogP contribution in [-0.4, -0.2) is 44.8 Å². The van der Waals surface area contributed by atoms with Crippen molar-refractivity contribution >= 4 is 16.9 Å². The number of nitrogens with zero attached hydrogens (tertiary/aromatic N) is 1. The molecule has 1 aromatic heterocycles. The molecule has 35 heavy (non-hydrogen) atoms. The van der Waals surface area contributed by atoms with Gasteiger partial charge in [-0.05, 0) is 61.6 Å². The highest BCUT2D eigenvalue weighted by Crippen LogP contribution is 2.41. The van der Waals surface area contributed by atoms with E-state index < -0.39 is 6.04 Å². The van der Waals surface area contributed by atoms with Crippen molar-refractivity contribution in [1.29, 1.82) is 0 Å². The third kappa shape index (κ3) is 4.65. The highest BCUT2D eigenvalue weighted by molar-refractivity contribution is 5.99. The lowest BCUT2D eigenvalue weighted by Gasteiger charge is -2.25. The molecule has 1 aliphatic rings. The molecule has 0 bridgehead atoms. The number of ether oxygens (including phenoxy) is 3. The average molecular weight is 480 g/mol. The van der Waals surface area contributed by atoms with Crippen LogP contribution in [0, 0.1) is 13.8 Å². The minimum absolute atomic E-state index is 0.108. The van der Waals surface area contributed by atoms with Crippen LogP contribution in [0.25, 0.3) is 11.0 Å². The number of carbonyl (C=O) groups excluding carboxylic acids is 1. The number of fused-ring (bicyclic) bond motifs is 2. The smallest absolute Gasteiger partial charge is 0.290 e. The quantitative estimate of drug-likeness (QED) is 0.373. The lowest BCUT2D eigenvalue weighted by atomic mass is 9.96. The van der Waals surface area contributed by atoms with Gasteiger partial charge in [-0.1, -0.05) is 25.5 Å². The van der Waals surface area contributed by atoms with Crippen LogP contribution >= 0.6 is 0 Å². The maximum absolute atomic E-state index is 13.8. The summed E-state index contributed by atoms with van der Waals surface area (Å²) >= 11 is 0. The molecular formula is C28H33NO6. The molecule has 1 unspecified atom stereocenters. The molecule has 0 saturated carbocycles. The van der Waals surface area contributed by atoms with Gasteiger partial charge in [0.2, 0.25) is 5.76 Å². The molecule has 0 N–H and O–H groups in total. The van der Waals surface area contributed by atoms with Gasteiger partial charge in [0.1, 0.15) is 5.58 Å². The normalized spacial score (nSPS) is 15.1. The van der Waals surface area contributed by atoms with Gasteiger partial charge < -0.3 is 23.5 Å². The lowest BCUT2D eigenvalue weighted by molar-refractivity contribution is 0.0707. The number of unbranched alkanes of at least 4 members (excludes halogenated alkanes) is 1. The van der Waals surface area contributed by atoms with Crippen LogP contribution in [0.3, 0.4) is 0 Å². The maximum Gasteiger partial charge on any atom is 0.290 e. The first kappa shape index (κ1) is 24.8. The molecule has 1 aliphatic heterocycles. The number of hydrogen-bond acceptors (Lipinski definition) is 6. The molecule has 2 aromatic carbocycles. The Balaban J connectivity index is 1.86. The van der Waals surface area contributed by atoms with E-state index >= 15 is 0 Å². The van der Waals surface area contributed by atoms with Crippen LogP contribution in [0.1, 0.15) is 65.0 Å². The first-order chi connectivity index (χ1) is 16.9. The van der Waals surface area contributed by atoms with Crippen molar-refractivity contribution in [3.8, 4) is 11.5 Å². The molecule has 0 spiro atoms. The highest BCUT2D eigenvalue weighted by atomic mass is 16.5. The van der Waals surface area contributed by atoms with E-state index in [0.717, 1.165) is 29.5 Å². The third-order valence-corrected chi connectivity index (χ3v) is 6.42. The lowest BCUT2D eigenvalue weighted by Crippen LogP contribution is -2.31. The minimum Gasteiger partial charge on any atom is -0.493 e. The predicted octanol–water partition coefficient (Wildman–Crippen LogP) is 5.18. The Morgan fingerprint density at radius 1 is 1.00 bits per heavy atom. The van der Waals surface area contributed by atoms with E-state index in [1.54, 1.807) is 19.1 Å². The number of rotatable bonds is 10. The van der Waals surface area contributed by atoms with Crippen molar-refractivity contribution in [2.45, 2.75) is 46.1 Å². The number of amides is 1. The summed E-state index contributed by atoms with van der Waals surface area (Å²) in [5.74, 6) is 1.02. The van der Waals surface area contributed by atoms with Crippen molar-refractivity contribution < 1.29 is 23.4 Å². The summed E-state index contributed by atoms with van der Waals surface area (Å²) in [5, 5.41) is 0.511. The van der Waals surface area contributed by atoms with Gasteiger partial charge in [0.15, 0.2) is 16.9 Å². The van der Waals surface area contributed by atoms with Crippen LogP contribution in [-0.2, 0) is 4.74 Å². The van der Waals surface area contributed by atoms with E-state index in [1.165, 1.54) is 0 Å². The number of hydrogen-bond donors (Lipinski definition) is 0. The average Bonchev–Trinajstić information content (AvgIpc) is 3.11. The molecular weight excluding hydrogens is 446 g/mol. The Kier molecular flexibility index (Phi) is 7.45. The summed E-state index contributed by atoms with van der Waals surface area (Å²) in [6.45, 7) is 7.46. The van der Waals surface area contributed by atoms with Gasteiger partial charge in [0.05, 0.1) is 30.7 Å². The Morgan fingerprint density at radius 3 is 2.51 bits per heavy atom. The third-order valence-electron chi connectivity index (χ3n) is 6.42. The van der Waals surface area contributed by atoms with Crippen molar-refractivity contribution in [3.63, 3.8) is 0 Å². The largest absolute Gasteiger partial charge is 0.493 e. The molecule has 7 nitrogen and oxygen atoms in total. The topological polar surface area (TPSA) is 78.2 Å². The Hall–Kier alpha value is -3.32. The standard InChI is InChI=1S/C28H33NO6/c1-6-7-13-34-20-10-9-19(16-21(20)33-5)25-24-26(30)23-18(3)14-17(2)15-22(23)35-27(24)28(31)29(25)11-8-12-32-4/h9-10,14-16,25H,6-8,11-13H2,1-5H3. The van der Waals surface area contributed by atoms with Gasteiger partial charge in [0.25, 0.3) is 5.91 Å². The van der Waals surface area contributed by atoms with Crippen LogP contribution in [0.2, 0.25) is 0 Å². The SMILES string of the molecule is CCCCOc1ccc(C2c3c(oc4cc(C)cc(C)c4c3=O)C(=O)N2CCCOC)cc1OC. The molecule has 3 aromatic rings. The van der Waals surface area contributed by atoms with Crippen LogP contribution in [0.5, 0.6) is 11.5 Å². The Morgan fingerprint density at radius 2 is 1.80 bits per heavy atom. The zero-order valence-corrected chi connectivity index (χ0v) is 21.1. The summed E-state index contributed by atoms with van der Waals surface area (Å²) in [4.78, 5) is 29.1. The van der Waals surface area contributed by atoms with Gasteiger partial charge in [-0.25, -0.2) is 0 Å². The van der Waals surface area contributed by atoms with Crippen molar-refractivity contribution in [3.05, 3.63) is 68.6 Å². The Labute approximate surface area is 205 Å². The van der Waals surface area contributed by atoms with Crippen molar-refractivity contribution in [1.82, 2.24) is 4.90 Å². The molecule has 186 valence electrons.